The number of ether oxygens (including phenoxy) is 6. The number of ketones is 3. The van der Waals surface area contributed by atoms with Gasteiger partial charge in [-0.2, -0.15) is 10.1 Å². The van der Waals surface area contributed by atoms with E-state index < -0.39 is 108 Å². The average molecular weight is 1840 g/mol. The minimum Gasteiger partial charge on any atom is -0.459 e. The number of hydrogen-bond donors (Lipinski definition) is 6. The lowest BCUT2D eigenvalue weighted by atomic mass is 9.80. The lowest BCUT2D eigenvalue weighted by Gasteiger charge is -2.42. The number of rotatable bonds is 17. The number of hydrogen-bond acceptors (Lipinski definition) is 33. The summed E-state index contributed by atoms with van der Waals surface area (Å²) in [6.45, 7) is 16.0. The Kier molecular flexibility index (Phi) is 30.7. The van der Waals surface area contributed by atoms with Crippen LogP contribution < -0.4 is 37.2 Å². The van der Waals surface area contributed by atoms with Crippen LogP contribution in [0.1, 0.15) is 162 Å². The summed E-state index contributed by atoms with van der Waals surface area (Å²) in [5.41, 5.74) is 28.2. The van der Waals surface area contributed by atoms with E-state index in [-0.39, 0.29) is 74.2 Å². The monoisotopic (exact) mass is 1840 g/mol. The Balaban J connectivity index is 0.500. The molecule has 0 radical (unpaired) electrons. The van der Waals surface area contributed by atoms with Crippen molar-refractivity contribution in [2.45, 2.75) is 205 Å². The lowest BCUT2D eigenvalue weighted by molar-refractivity contribution is -0.265. The van der Waals surface area contributed by atoms with E-state index in [9.17, 15) is 48.6 Å². The molecular formula is C96H121N21O17. The first-order chi connectivity index (χ1) is 64.5. The number of aromatic nitrogens is 11. The molecule has 12 heterocycles. The minimum atomic E-state index is -2.52. The van der Waals surface area contributed by atoms with Gasteiger partial charge in [0.15, 0.2) is 17.0 Å². The first kappa shape index (κ1) is 96.1. The quantitative estimate of drug-likeness (QED) is 0.0287. The highest BCUT2D eigenvalue weighted by Gasteiger charge is 2.54. The number of Topliss-reactive ketones (excluding diaryl/α,β-unsaturated/α-hetero) is 3. The molecule has 6 aliphatic heterocycles. The van der Waals surface area contributed by atoms with Gasteiger partial charge in [-0.3, -0.25) is 28.8 Å². The predicted molar refractivity (Wildman–Crippen MR) is 495 cm³/mol. The van der Waals surface area contributed by atoms with Crippen LogP contribution in [0.15, 0.2) is 132 Å². The molecule has 15 atom stereocenters. The van der Waals surface area contributed by atoms with Gasteiger partial charge in [0.05, 0.1) is 41.4 Å². The third kappa shape index (κ3) is 22.1. The van der Waals surface area contributed by atoms with Gasteiger partial charge in [-0.05, 0) is 142 Å². The molecule has 15 rings (SSSR count). The van der Waals surface area contributed by atoms with Crippen molar-refractivity contribution in [2.24, 2.45) is 35.3 Å². The minimum absolute atomic E-state index is 0.00147. The topological polar surface area (TPSA) is 489 Å². The number of aliphatic hydroxyl groups is 2. The fourth-order valence-corrected chi connectivity index (χ4v) is 19.2. The summed E-state index contributed by atoms with van der Waals surface area (Å²) in [4.78, 5) is 165. The van der Waals surface area contributed by atoms with E-state index in [0.29, 0.717) is 204 Å². The summed E-state index contributed by atoms with van der Waals surface area (Å²) in [6, 6.07) is 9.57. The molecule has 2 aromatic carbocycles. The fourth-order valence-electron chi connectivity index (χ4n) is 19.2. The number of carbonyl (C=O) groups excluding carboxylic acids is 8. The number of oxazole rings is 1. The van der Waals surface area contributed by atoms with Gasteiger partial charge in [-0.15, -0.1) is 0 Å². The highest BCUT2D eigenvalue weighted by atomic mass is 16.6. The van der Waals surface area contributed by atoms with Crippen LogP contribution in [0, 0.1) is 29.6 Å². The summed E-state index contributed by atoms with van der Waals surface area (Å²) in [5, 5.41) is 32.3. The molecule has 6 aromatic heterocycles. The number of nitrogens with one attached hydrogen (secondary N) is 1. The Morgan fingerprint density at radius 2 is 1.36 bits per heavy atom. The summed E-state index contributed by atoms with van der Waals surface area (Å²) in [5.74, 6) is -7.41. The number of nitrogen functional groups attached to an aromatic ring is 2. The standard InChI is InChI=1S/C96H121N21O17/c1-55-15-11-10-12-16-56(2)76(128-7)43-69-23-18-60(6)96(127,134-69)84(121)89(124)116-27-14-13-17-72(116)90(125)131-77(44-73(118)57(3)38-59(5)82(120)83(130-9)81(119)58(4)37-55)70(97)40-61-20-24-75(78(41-61)129-8)133-95(126)106-47-63-45-100-92(101-46-63)113-33-35-114(36-34-113)94-102-48-67(49-103-94)87(122)111-29-31-112(32-30-111)93-104-50-68(51-105-93)88(123)115-28-26-64-39-62(19-21-66(64)53-115)52-117-86-79(85(98)107-54-108-86)80(110-117)65-22-25-74-71(42-65)109-91(99)132-74/h10-12,15-16,19,21-22,25,38-39,42,45-46,48-51,54-55,57-58,60-61,69-70,72,75-78,82-83,120,127H,13-14,17-18,20,23-24,26-37,40-41,43-44,47,52-53,97H2,1-9H3,(H2,99,109)(H,106,126)(H2,98,107,108)/b12-10+,15-11+,56-16+,59-38+/t55-,57-,58-,60-,61+,69+,70-,72+,75-,76+,77+,78-,82-,83+,96-/m1/s1. The molecule has 8 aromatic rings. The van der Waals surface area contributed by atoms with Crippen LogP contribution in [-0.2, 0) is 78.4 Å². The fraction of sp³-hybridized carbons (Fsp3) is 0.521. The van der Waals surface area contributed by atoms with Gasteiger partial charge in [-0.1, -0.05) is 82.4 Å². The predicted octanol–water partition coefficient (Wildman–Crippen LogP) is 7.82. The maximum absolute atomic E-state index is 14.8. The molecule has 712 valence electrons. The van der Waals surface area contributed by atoms with Crippen molar-refractivity contribution in [1.82, 2.24) is 74.7 Å². The Labute approximate surface area is 776 Å². The van der Waals surface area contributed by atoms with Crippen molar-refractivity contribution in [2.75, 3.05) is 113 Å². The van der Waals surface area contributed by atoms with E-state index in [0.717, 1.165) is 32.7 Å². The second kappa shape index (κ2) is 42.8. The molecule has 0 unspecified atom stereocenters. The summed E-state index contributed by atoms with van der Waals surface area (Å²) < 4.78 is 43.3. The Morgan fingerprint density at radius 1 is 0.679 bits per heavy atom. The number of aliphatic hydroxyl groups excluding tert-OH is 1. The molecular weight excluding hydrogens is 1720 g/mol. The van der Waals surface area contributed by atoms with Gasteiger partial charge in [0, 0.05) is 185 Å². The van der Waals surface area contributed by atoms with Crippen LogP contribution >= 0.6 is 0 Å². The second-order valence-electron chi connectivity index (χ2n) is 36.5. The first-order valence-corrected chi connectivity index (χ1v) is 46.2. The van der Waals surface area contributed by atoms with Gasteiger partial charge in [0.25, 0.3) is 29.5 Å². The number of anilines is 5. The van der Waals surface area contributed by atoms with Crippen molar-refractivity contribution in [3.05, 3.63) is 161 Å². The van der Waals surface area contributed by atoms with E-state index in [1.54, 1.807) is 93.9 Å². The molecule has 5 fully saturated rings. The number of benzene rings is 2. The number of nitrogens with two attached hydrogens (primary N) is 3. The van der Waals surface area contributed by atoms with E-state index >= 15 is 0 Å². The van der Waals surface area contributed by atoms with E-state index in [4.69, 9.17) is 55.1 Å². The van der Waals surface area contributed by atoms with Crippen LogP contribution in [-0.4, -0.2) is 274 Å². The van der Waals surface area contributed by atoms with Gasteiger partial charge >= 0.3 is 12.1 Å². The zero-order valence-electron chi connectivity index (χ0n) is 77.3. The molecule has 134 heavy (non-hydrogen) atoms. The van der Waals surface area contributed by atoms with Crippen molar-refractivity contribution >= 4 is 98.9 Å². The molecule has 1 aliphatic carbocycles. The van der Waals surface area contributed by atoms with Crippen molar-refractivity contribution in [1.29, 1.82) is 0 Å². The molecule has 7 aliphatic rings. The van der Waals surface area contributed by atoms with Crippen molar-refractivity contribution < 1.29 is 81.4 Å². The number of nitrogens with zero attached hydrogens (tertiary/aromatic N) is 17. The number of alkyl carbamates (subject to hydrolysis) is 1. The van der Waals surface area contributed by atoms with E-state index in [2.05, 4.69) is 62.3 Å². The van der Waals surface area contributed by atoms with Gasteiger partial charge in [0.2, 0.25) is 23.6 Å². The zero-order valence-corrected chi connectivity index (χ0v) is 77.3. The number of esters is 1. The Morgan fingerprint density at radius 3 is 2.04 bits per heavy atom. The molecule has 1 saturated carbocycles. The highest BCUT2D eigenvalue weighted by Crippen LogP contribution is 2.40. The number of methoxy groups -OCH3 is 3. The zero-order chi connectivity index (χ0) is 94.8. The summed E-state index contributed by atoms with van der Waals surface area (Å²) in [6.07, 6.45) is 19.4. The van der Waals surface area contributed by atoms with Gasteiger partial charge in [-0.25, -0.2) is 54.1 Å². The molecule has 38 nitrogen and oxygen atoms in total. The van der Waals surface area contributed by atoms with Crippen LogP contribution in [0.4, 0.5) is 34.5 Å². The number of carbonyl (C=O) groups is 8. The third-order valence-electron chi connectivity index (χ3n) is 27.2. The molecule has 0 spiro atoms. The lowest BCUT2D eigenvalue weighted by Crippen LogP contribution is -2.61. The molecule has 9 N–H and O–H groups in total. The number of amides is 4. The maximum Gasteiger partial charge on any atom is 0.407 e. The number of piperidine rings is 1. The number of allylic oxidation sites excluding steroid dienone is 6. The largest absolute Gasteiger partial charge is 0.459 e. The molecule has 4 saturated heterocycles. The summed E-state index contributed by atoms with van der Waals surface area (Å²) >= 11 is 0. The molecule has 4 amide bonds. The average Bonchev–Trinajstić information content (AvgIpc) is 1.50. The SMILES string of the molecule is CO[C@H]1C[C@@H]2CC[C@@H](C)[C@@](O)(O2)C(=O)C(=O)N2CCCC[C@H]2C(=O)O[C@H]([C@H](N)C[C@@H]2CC[C@@H](OC(=O)NCc3cnc(N4CCN(c5ncc(C(=O)N6CCN(c7ncc(C(=O)N8CCc9cc(Cn%10nc(-c%11ccc%12oc(N)nc%12c%11)c%11c(N)ncnc%11%10)ccc9C8)cn7)CC6)cn5)CC4)nc3)[C@H](OC)C2)CC(=O)[C@H](C)/C=C(\C)[C@@H](O)[C@@H](OC)C(=O)[C@H](C)C[C@H](C)/C=C/C=C/C=C/1C. The number of fused-ring (bicyclic) bond motifs is 6. The first-order valence-electron chi connectivity index (χ1n) is 46.2. The smallest absolute Gasteiger partial charge is 0.407 e. The van der Waals surface area contributed by atoms with E-state index in [1.807, 2.05) is 81.8 Å². The van der Waals surface area contributed by atoms with Crippen LogP contribution in [0.25, 0.3) is 33.4 Å². The number of cyclic esters (lactones) is 1. The van der Waals surface area contributed by atoms with Crippen molar-refractivity contribution in [3.63, 3.8) is 0 Å². The maximum atomic E-state index is 14.8. The van der Waals surface area contributed by atoms with Crippen LogP contribution in [0.5, 0.6) is 0 Å². The van der Waals surface area contributed by atoms with Gasteiger partial charge in [0.1, 0.15) is 59.6 Å². The highest BCUT2D eigenvalue weighted by molar-refractivity contribution is 6.39. The molecule has 38 heteroatoms. The van der Waals surface area contributed by atoms with Crippen molar-refractivity contribution in [3.8, 4) is 11.3 Å². The normalized spacial score (nSPS) is 27.5. The van der Waals surface area contributed by atoms with Crippen LogP contribution in [0.2, 0.25) is 0 Å². The Bertz CT molecular complexity index is 5700. The van der Waals surface area contributed by atoms with E-state index in [1.165, 1.54) is 20.5 Å². The number of piperazine rings is 2. The third-order valence-corrected chi connectivity index (χ3v) is 27.2. The van der Waals surface area contributed by atoms with Crippen LogP contribution in [0.3, 0.4) is 0 Å². The van der Waals surface area contributed by atoms with Gasteiger partial charge < -0.3 is 95.0 Å². The second-order valence-corrected chi connectivity index (χ2v) is 36.5. The Hall–Kier alpha value is -12.5. The molecule has 2 bridgehead atoms. The summed E-state index contributed by atoms with van der Waals surface area (Å²) in [7, 11) is 4.43.